The molecule has 1 heterocycles. The van der Waals surface area contributed by atoms with E-state index in [4.69, 9.17) is 0 Å². The Labute approximate surface area is 99.5 Å². The Kier molecular flexibility index (Phi) is 2.96. The third-order valence-corrected chi connectivity index (χ3v) is 3.70. The second-order valence-electron chi connectivity index (χ2n) is 5.59. The number of allylic oxidation sites excluding steroid dienone is 2. The first-order valence-electron chi connectivity index (χ1n) is 6.40. The predicted octanol–water partition coefficient (Wildman–Crippen LogP) is 3.75. The van der Waals surface area contributed by atoms with E-state index in [1.807, 2.05) is 0 Å². The van der Waals surface area contributed by atoms with Crippen LogP contribution >= 0.6 is 0 Å². The van der Waals surface area contributed by atoms with Gasteiger partial charge in [0.1, 0.15) is 0 Å². The monoisotopic (exact) mass is 217 g/mol. The highest BCUT2D eigenvalue weighted by atomic mass is 15.2. The van der Waals surface area contributed by atoms with Gasteiger partial charge in [-0.05, 0) is 42.9 Å². The molecule has 2 atom stereocenters. The highest BCUT2D eigenvalue weighted by Gasteiger charge is 2.33. The predicted molar refractivity (Wildman–Crippen MR) is 70.1 cm³/mol. The topological polar surface area (TPSA) is 3.24 Å². The molecule has 0 N–H and O–H groups in total. The maximum Gasteiger partial charge on any atom is 0.0603 e. The van der Waals surface area contributed by atoms with Crippen molar-refractivity contribution in [2.75, 3.05) is 0 Å². The van der Waals surface area contributed by atoms with Gasteiger partial charge in [-0.1, -0.05) is 32.9 Å². The summed E-state index contributed by atoms with van der Waals surface area (Å²) in [6.07, 6.45) is 9.29. The van der Waals surface area contributed by atoms with Crippen molar-refractivity contribution in [3.63, 3.8) is 0 Å². The van der Waals surface area contributed by atoms with Crippen LogP contribution in [0.15, 0.2) is 35.6 Å². The molecule has 0 bridgehead atoms. The molecule has 1 heteroatoms. The second-order valence-corrected chi connectivity index (χ2v) is 5.59. The molecule has 2 aliphatic rings. The van der Waals surface area contributed by atoms with E-state index in [2.05, 4.69) is 63.9 Å². The first-order valence-corrected chi connectivity index (χ1v) is 6.40. The van der Waals surface area contributed by atoms with Crippen LogP contribution in [0.4, 0.5) is 0 Å². The molecule has 0 saturated carbocycles. The Bertz CT molecular complexity index is 358. The zero-order valence-corrected chi connectivity index (χ0v) is 11.1. The van der Waals surface area contributed by atoms with Gasteiger partial charge < -0.3 is 4.90 Å². The van der Waals surface area contributed by atoms with Gasteiger partial charge in [0.25, 0.3) is 0 Å². The maximum atomic E-state index is 2.49. The smallest absolute Gasteiger partial charge is 0.0603 e. The van der Waals surface area contributed by atoms with E-state index in [-0.39, 0.29) is 0 Å². The van der Waals surface area contributed by atoms with Gasteiger partial charge in [-0.2, -0.15) is 0 Å². The van der Waals surface area contributed by atoms with E-state index in [1.165, 1.54) is 5.57 Å². The van der Waals surface area contributed by atoms with E-state index in [0.717, 1.165) is 0 Å². The van der Waals surface area contributed by atoms with E-state index in [1.54, 1.807) is 5.57 Å². The van der Waals surface area contributed by atoms with Gasteiger partial charge in [-0.3, -0.25) is 0 Å². The summed E-state index contributed by atoms with van der Waals surface area (Å²) in [5.74, 6) is 1.24. The van der Waals surface area contributed by atoms with Crippen molar-refractivity contribution >= 4 is 0 Å². The Balaban J connectivity index is 2.39. The summed E-state index contributed by atoms with van der Waals surface area (Å²) in [7, 11) is 0. The Morgan fingerprint density at radius 1 is 1.12 bits per heavy atom. The summed E-state index contributed by atoms with van der Waals surface area (Å²) in [6.45, 7) is 11.4. The van der Waals surface area contributed by atoms with Gasteiger partial charge >= 0.3 is 0 Å². The van der Waals surface area contributed by atoms with Crippen molar-refractivity contribution in [2.45, 2.75) is 46.7 Å². The molecule has 0 spiro atoms. The van der Waals surface area contributed by atoms with Crippen LogP contribution in [0.25, 0.3) is 0 Å². The van der Waals surface area contributed by atoms with Crippen LogP contribution in [-0.2, 0) is 0 Å². The summed E-state index contributed by atoms with van der Waals surface area (Å²) < 4.78 is 0. The quantitative estimate of drug-likeness (QED) is 0.681. The average molecular weight is 217 g/mol. The fourth-order valence-corrected chi connectivity index (χ4v) is 2.82. The van der Waals surface area contributed by atoms with Crippen LogP contribution in [0.1, 0.15) is 34.6 Å². The molecule has 1 aliphatic heterocycles. The molecule has 16 heavy (non-hydrogen) atoms. The average Bonchev–Trinajstić information content (AvgIpc) is 2.62. The first kappa shape index (κ1) is 11.5. The lowest BCUT2D eigenvalue weighted by atomic mass is 9.82. The second kappa shape index (κ2) is 4.12. The standard InChI is InChI=1S/C15H23N/c1-10(2)13-7-6-12(5)15-14(13)8-9-16(15)11(3)4/h6-12,15H,1-5H3. The molecule has 0 amide bonds. The molecular formula is C15H23N. The Morgan fingerprint density at radius 2 is 1.81 bits per heavy atom. The van der Waals surface area contributed by atoms with Crippen LogP contribution in [0.5, 0.6) is 0 Å². The highest BCUT2D eigenvalue weighted by Crippen LogP contribution is 2.37. The summed E-state index contributed by atoms with van der Waals surface area (Å²) in [5.41, 5.74) is 3.06. The van der Waals surface area contributed by atoms with E-state index in [9.17, 15) is 0 Å². The molecule has 0 aromatic rings. The Hall–Kier alpha value is -0.980. The summed E-state index contributed by atoms with van der Waals surface area (Å²) in [5, 5.41) is 0. The minimum Gasteiger partial charge on any atom is -0.367 e. The number of hydrogen-bond acceptors (Lipinski definition) is 1. The highest BCUT2D eigenvalue weighted by molar-refractivity contribution is 5.45. The zero-order valence-electron chi connectivity index (χ0n) is 11.1. The number of nitrogens with zero attached hydrogens (tertiary/aromatic N) is 1. The zero-order chi connectivity index (χ0) is 11.9. The van der Waals surface area contributed by atoms with Crippen LogP contribution in [-0.4, -0.2) is 17.0 Å². The lowest BCUT2D eigenvalue weighted by Gasteiger charge is -2.36. The van der Waals surface area contributed by atoms with Crippen LogP contribution in [0, 0.1) is 11.8 Å². The number of fused-ring (bicyclic) bond motifs is 1. The van der Waals surface area contributed by atoms with Crippen molar-refractivity contribution in [3.8, 4) is 0 Å². The molecule has 0 aromatic heterocycles. The third kappa shape index (κ3) is 1.73. The Morgan fingerprint density at radius 3 is 2.38 bits per heavy atom. The van der Waals surface area contributed by atoms with Gasteiger partial charge in [-0.15, -0.1) is 0 Å². The van der Waals surface area contributed by atoms with E-state index >= 15 is 0 Å². The third-order valence-electron chi connectivity index (χ3n) is 3.70. The van der Waals surface area contributed by atoms with E-state index < -0.39 is 0 Å². The van der Waals surface area contributed by atoms with Crippen LogP contribution < -0.4 is 0 Å². The van der Waals surface area contributed by atoms with Crippen molar-refractivity contribution in [3.05, 3.63) is 35.6 Å². The van der Waals surface area contributed by atoms with Crippen molar-refractivity contribution in [1.29, 1.82) is 0 Å². The molecular weight excluding hydrogens is 194 g/mol. The molecule has 0 aromatic carbocycles. The lowest BCUT2D eigenvalue weighted by Crippen LogP contribution is -2.39. The van der Waals surface area contributed by atoms with Crippen molar-refractivity contribution in [2.24, 2.45) is 11.8 Å². The normalized spacial score (nSPS) is 28.6. The lowest BCUT2D eigenvalue weighted by molar-refractivity contribution is 0.234. The molecule has 0 saturated heterocycles. The van der Waals surface area contributed by atoms with Gasteiger partial charge in [0, 0.05) is 12.2 Å². The maximum absolute atomic E-state index is 2.49. The molecule has 1 aliphatic carbocycles. The summed E-state index contributed by atoms with van der Waals surface area (Å²) in [4.78, 5) is 2.49. The number of hydrogen-bond donors (Lipinski definition) is 0. The molecule has 88 valence electrons. The van der Waals surface area contributed by atoms with Gasteiger partial charge in [0.2, 0.25) is 0 Å². The molecule has 0 fully saturated rings. The first-order chi connectivity index (χ1) is 7.52. The fraction of sp³-hybridized carbons (Fsp3) is 0.600. The van der Waals surface area contributed by atoms with Gasteiger partial charge in [0.05, 0.1) is 6.04 Å². The minimum atomic E-state index is 0.572. The summed E-state index contributed by atoms with van der Waals surface area (Å²) >= 11 is 0. The van der Waals surface area contributed by atoms with Gasteiger partial charge in [-0.25, -0.2) is 0 Å². The molecule has 2 unspecified atom stereocenters. The molecule has 0 radical (unpaired) electrons. The van der Waals surface area contributed by atoms with Crippen LogP contribution in [0.3, 0.4) is 0 Å². The van der Waals surface area contributed by atoms with Gasteiger partial charge in [0.15, 0.2) is 0 Å². The molecule has 1 nitrogen and oxygen atoms in total. The SMILES string of the molecule is CC(C)C1=C2C=CN(C(C)C)C2C(C)C=C1. The van der Waals surface area contributed by atoms with Crippen LogP contribution in [0.2, 0.25) is 0 Å². The largest absolute Gasteiger partial charge is 0.367 e. The molecule has 2 rings (SSSR count). The van der Waals surface area contributed by atoms with Crippen molar-refractivity contribution < 1.29 is 0 Å². The number of rotatable bonds is 2. The van der Waals surface area contributed by atoms with E-state index in [0.29, 0.717) is 23.9 Å². The van der Waals surface area contributed by atoms with Crippen molar-refractivity contribution in [1.82, 2.24) is 4.90 Å². The fourth-order valence-electron chi connectivity index (χ4n) is 2.82. The summed E-state index contributed by atoms with van der Waals surface area (Å²) in [6, 6.07) is 1.16. The minimum absolute atomic E-state index is 0.572.